The number of carbonyl (C=O) groups excluding carboxylic acids is 1. The highest BCUT2D eigenvalue weighted by Gasteiger charge is 2.25. The Bertz CT molecular complexity index is 209. The van der Waals surface area contributed by atoms with Crippen LogP contribution >= 0.6 is 0 Å². The highest BCUT2D eigenvalue weighted by Crippen LogP contribution is 2.08. The molecule has 0 radical (unpaired) electrons. The summed E-state index contributed by atoms with van der Waals surface area (Å²) in [7, 11) is 0. The molecule has 15 heavy (non-hydrogen) atoms. The van der Waals surface area contributed by atoms with Crippen molar-refractivity contribution in [3.05, 3.63) is 0 Å². The van der Waals surface area contributed by atoms with Crippen LogP contribution < -0.4 is 5.32 Å². The fourth-order valence-corrected chi connectivity index (χ4v) is 1.76. The molecule has 2 unspecified atom stereocenters. The van der Waals surface area contributed by atoms with Crippen LogP contribution in [0.5, 0.6) is 0 Å². The Morgan fingerprint density at radius 2 is 2.40 bits per heavy atom. The molecule has 1 fully saturated rings. The summed E-state index contributed by atoms with van der Waals surface area (Å²) in [5, 5.41) is 2.92. The van der Waals surface area contributed by atoms with E-state index in [-0.39, 0.29) is 18.1 Å². The lowest BCUT2D eigenvalue weighted by molar-refractivity contribution is -0.128. The Morgan fingerprint density at radius 3 is 3.00 bits per heavy atom. The first-order valence-corrected chi connectivity index (χ1v) is 5.78. The summed E-state index contributed by atoms with van der Waals surface area (Å²) in [6, 6.07) is -0.0390. The van der Waals surface area contributed by atoms with Crippen LogP contribution in [-0.2, 0) is 9.53 Å². The maximum absolute atomic E-state index is 11.7. The van der Waals surface area contributed by atoms with E-state index in [1.54, 1.807) is 0 Å². The lowest BCUT2D eigenvalue weighted by Gasteiger charge is -2.34. The maximum Gasteiger partial charge on any atom is 0.237 e. The fraction of sp³-hybridized carbons (Fsp3) is 0.909. The minimum absolute atomic E-state index is 0.0390. The van der Waals surface area contributed by atoms with Crippen LogP contribution in [0.15, 0.2) is 0 Å². The number of nitrogens with zero attached hydrogens (tertiary/aromatic N) is 1. The van der Waals surface area contributed by atoms with Crippen molar-refractivity contribution in [3.8, 4) is 0 Å². The summed E-state index contributed by atoms with van der Waals surface area (Å²) >= 11 is 0. The normalized spacial score (nSPS) is 24.9. The average molecular weight is 214 g/mol. The largest absolute Gasteiger partial charge is 0.376 e. The van der Waals surface area contributed by atoms with Gasteiger partial charge in [0.2, 0.25) is 5.91 Å². The Labute approximate surface area is 92.0 Å². The van der Waals surface area contributed by atoms with Crippen LogP contribution in [0.1, 0.15) is 27.2 Å². The molecule has 0 aromatic heterocycles. The molecule has 1 aliphatic rings. The van der Waals surface area contributed by atoms with Crippen molar-refractivity contribution in [1.82, 2.24) is 10.2 Å². The molecule has 88 valence electrons. The summed E-state index contributed by atoms with van der Waals surface area (Å²) in [5.74, 6) is 0.131. The van der Waals surface area contributed by atoms with Crippen LogP contribution in [0.2, 0.25) is 0 Å². The van der Waals surface area contributed by atoms with E-state index in [9.17, 15) is 4.79 Å². The number of morpholine rings is 1. The van der Waals surface area contributed by atoms with Crippen LogP contribution in [0.3, 0.4) is 0 Å². The molecule has 1 saturated heterocycles. The van der Waals surface area contributed by atoms with Gasteiger partial charge in [-0.15, -0.1) is 0 Å². The van der Waals surface area contributed by atoms with E-state index in [1.807, 2.05) is 13.8 Å². The van der Waals surface area contributed by atoms with E-state index in [0.717, 1.165) is 32.7 Å². The Balaban J connectivity index is 2.37. The summed E-state index contributed by atoms with van der Waals surface area (Å²) in [6.45, 7) is 9.26. The third kappa shape index (κ3) is 3.80. The van der Waals surface area contributed by atoms with Gasteiger partial charge in [0.05, 0.1) is 18.8 Å². The lowest BCUT2D eigenvalue weighted by atomic mass is 10.2. The molecule has 0 aliphatic carbocycles. The van der Waals surface area contributed by atoms with Gasteiger partial charge in [-0.05, 0) is 20.3 Å². The quantitative estimate of drug-likeness (QED) is 0.746. The Morgan fingerprint density at radius 1 is 1.67 bits per heavy atom. The molecule has 0 spiro atoms. The van der Waals surface area contributed by atoms with E-state index in [4.69, 9.17) is 4.74 Å². The summed E-state index contributed by atoms with van der Waals surface area (Å²) in [6.07, 6.45) is 1.22. The summed E-state index contributed by atoms with van der Waals surface area (Å²) in [4.78, 5) is 13.9. The van der Waals surface area contributed by atoms with Crippen molar-refractivity contribution in [3.63, 3.8) is 0 Å². The molecule has 2 atom stereocenters. The molecule has 0 aromatic carbocycles. The molecule has 1 N–H and O–H groups in total. The fourth-order valence-electron chi connectivity index (χ4n) is 1.76. The molecular formula is C11H22N2O2. The first-order chi connectivity index (χ1) is 7.15. The van der Waals surface area contributed by atoms with Gasteiger partial charge in [-0.3, -0.25) is 9.69 Å². The van der Waals surface area contributed by atoms with Crippen molar-refractivity contribution in [2.75, 3.05) is 26.2 Å². The number of rotatable bonds is 4. The van der Waals surface area contributed by atoms with Gasteiger partial charge < -0.3 is 10.1 Å². The third-order valence-corrected chi connectivity index (χ3v) is 2.75. The van der Waals surface area contributed by atoms with Crippen LogP contribution in [-0.4, -0.2) is 49.2 Å². The highest BCUT2D eigenvalue weighted by atomic mass is 16.5. The van der Waals surface area contributed by atoms with Gasteiger partial charge in [-0.1, -0.05) is 6.92 Å². The number of nitrogens with one attached hydrogen (secondary N) is 1. The van der Waals surface area contributed by atoms with Gasteiger partial charge >= 0.3 is 0 Å². The average Bonchev–Trinajstić information content (AvgIpc) is 2.24. The maximum atomic E-state index is 11.7. The predicted molar refractivity (Wildman–Crippen MR) is 59.7 cm³/mol. The van der Waals surface area contributed by atoms with Gasteiger partial charge in [0.1, 0.15) is 0 Å². The molecule has 4 nitrogen and oxygen atoms in total. The first kappa shape index (κ1) is 12.5. The van der Waals surface area contributed by atoms with Crippen LogP contribution in [0.25, 0.3) is 0 Å². The molecule has 0 aromatic rings. The second kappa shape index (κ2) is 6.08. The number of carbonyl (C=O) groups is 1. The van der Waals surface area contributed by atoms with E-state index < -0.39 is 0 Å². The van der Waals surface area contributed by atoms with Crippen molar-refractivity contribution in [2.24, 2.45) is 0 Å². The van der Waals surface area contributed by atoms with Crippen molar-refractivity contribution < 1.29 is 9.53 Å². The van der Waals surface area contributed by atoms with Gasteiger partial charge in [-0.25, -0.2) is 0 Å². The van der Waals surface area contributed by atoms with Crippen molar-refractivity contribution in [2.45, 2.75) is 39.3 Å². The molecule has 1 rings (SSSR count). The zero-order valence-electron chi connectivity index (χ0n) is 9.95. The Hall–Kier alpha value is -0.610. The minimum Gasteiger partial charge on any atom is -0.376 e. The van der Waals surface area contributed by atoms with Crippen molar-refractivity contribution in [1.29, 1.82) is 0 Å². The van der Waals surface area contributed by atoms with Crippen LogP contribution in [0.4, 0.5) is 0 Å². The Kier molecular flexibility index (Phi) is 5.05. The zero-order valence-corrected chi connectivity index (χ0v) is 9.95. The molecule has 0 saturated carbocycles. The summed E-state index contributed by atoms with van der Waals surface area (Å²) in [5.41, 5.74) is 0. The molecular weight excluding hydrogens is 192 g/mol. The van der Waals surface area contributed by atoms with Gasteiger partial charge in [0.25, 0.3) is 0 Å². The molecule has 1 aliphatic heterocycles. The number of hydrogen-bond donors (Lipinski definition) is 1. The molecule has 0 bridgehead atoms. The van der Waals surface area contributed by atoms with Gasteiger partial charge in [-0.2, -0.15) is 0 Å². The topological polar surface area (TPSA) is 41.6 Å². The van der Waals surface area contributed by atoms with E-state index in [1.165, 1.54) is 0 Å². The first-order valence-electron chi connectivity index (χ1n) is 5.78. The van der Waals surface area contributed by atoms with Gasteiger partial charge in [0.15, 0.2) is 0 Å². The highest BCUT2D eigenvalue weighted by molar-refractivity contribution is 5.81. The van der Waals surface area contributed by atoms with E-state index >= 15 is 0 Å². The molecule has 1 amide bonds. The monoisotopic (exact) mass is 214 g/mol. The second-order valence-electron chi connectivity index (χ2n) is 4.14. The number of hydrogen-bond acceptors (Lipinski definition) is 3. The number of ether oxygens (including phenoxy) is 1. The lowest BCUT2D eigenvalue weighted by Crippen LogP contribution is -2.51. The van der Waals surface area contributed by atoms with Gasteiger partial charge in [0, 0.05) is 19.6 Å². The third-order valence-electron chi connectivity index (χ3n) is 2.75. The van der Waals surface area contributed by atoms with Crippen molar-refractivity contribution >= 4 is 5.91 Å². The second-order valence-corrected chi connectivity index (χ2v) is 4.14. The predicted octanol–water partition coefficient (Wildman–Crippen LogP) is 0.622. The number of amides is 1. The minimum atomic E-state index is -0.0390. The zero-order chi connectivity index (χ0) is 11.3. The SMILES string of the molecule is CCCNC(=O)C(C)N1CCOC(C)C1. The summed E-state index contributed by atoms with van der Waals surface area (Å²) < 4.78 is 5.45. The van der Waals surface area contributed by atoms with E-state index in [2.05, 4.69) is 17.1 Å². The molecule has 4 heteroatoms. The van der Waals surface area contributed by atoms with E-state index in [0.29, 0.717) is 0 Å². The molecule has 1 heterocycles. The smallest absolute Gasteiger partial charge is 0.237 e. The van der Waals surface area contributed by atoms with Crippen LogP contribution in [0, 0.1) is 0 Å². The standard InChI is InChI=1S/C11H22N2O2/c1-4-5-12-11(14)10(3)13-6-7-15-9(2)8-13/h9-10H,4-8H2,1-3H3,(H,12,14).